The third-order valence-corrected chi connectivity index (χ3v) is 5.31. The highest BCUT2D eigenvalue weighted by Crippen LogP contribution is 2.25. The van der Waals surface area contributed by atoms with Crippen molar-refractivity contribution in [3.63, 3.8) is 0 Å². The van der Waals surface area contributed by atoms with E-state index in [9.17, 15) is 4.79 Å². The first-order valence-electron chi connectivity index (χ1n) is 8.01. The van der Waals surface area contributed by atoms with Crippen LogP contribution in [0.3, 0.4) is 0 Å². The molecule has 0 unspecified atom stereocenters. The molecule has 0 aliphatic heterocycles. The predicted octanol–water partition coefficient (Wildman–Crippen LogP) is 4.05. The van der Waals surface area contributed by atoms with Crippen molar-refractivity contribution in [2.75, 3.05) is 0 Å². The Labute approximate surface area is 135 Å². The van der Waals surface area contributed by atoms with Crippen molar-refractivity contribution >= 4 is 17.2 Å². The Morgan fingerprint density at radius 3 is 2.82 bits per heavy atom. The molecule has 2 atom stereocenters. The Bertz CT molecular complexity index is 623. The minimum Gasteiger partial charge on any atom is -0.353 e. The average molecular weight is 314 g/mol. The van der Waals surface area contributed by atoms with Crippen LogP contribution in [0.25, 0.3) is 10.6 Å². The second kappa shape index (κ2) is 7.05. The number of aromatic nitrogens is 1. The molecule has 116 valence electrons. The van der Waals surface area contributed by atoms with Crippen LogP contribution in [0, 0.1) is 5.92 Å². The lowest BCUT2D eigenvalue weighted by Crippen LogP contribution is -2.41. The number of nitrogens with one attached hydrogen (secondary N) is 1. The lowest BCUT2D eigenvalue weighted by atomic mass is 9.86. The van der Waals surface area contributed by atoms with E-state index in [4.69, 9.17) is 0 Å². The monoisotopic (exact) mass is 314 g/mol. The summed E-state index contributed by atoms with van der Waals surface area (Å²) in [5.41, 5.74) is 1.98. The van der Waals surface area contributed by atoms with Crippen molar-refractivity contribution in [1.29, 1.82) is 0 Å². The third kappa shape index (κ3) is 3.74. The van der Waals surface area contributed by atoms with E-state index < -0.39 is 0 Å². The van der Waals surface area contributed by atoms with E-state index >= 15 is 0 Å². The molecule has 1 fully saturated rings. The average Bonchev–Trinajstić information content (AvgIpc) is 2.99. The molecular weight excluding hydrogens is 292 g/mol. The molecule has 2 aromatic rings. The number of carbonyl (C=O) groups excluding carboxylic acids is 1. The first-order chi connectivity index (χ1) is 10.7. The van der Waals surface area contributed by atoms with Crippen LogP contribution in [-0.4, -0.2) is 16.9 Å². The molecule has 0 saturated heterocycles. The SMILES string of the molecule is C[C@H]1CCCC[C@@H]1NC(=O)Cc1csc(-c2ccccc2)n1. The first kappa shape index (κ1) is 15.2. The Morgan fingerprint density at radius 1 is 1.27 bits per heavy atom. The summed E-state index contributed by atoms with van der Waals surface area (Å²) in [6.45, 7) is 2.24. The fourth-order valence-electron chi connectivity index (χ4n) is 3.05. The molecule has 1 amide bonds. The molecule has 1 heterocycles. The molecule has 3 rings (SSSR count). The summed E-state index contributed by atoms with van der Waals surface area (Å²) in [6, 6.07) is 10.4. The van der Waals surface area contributed by atoms with Crippen LogP contribution in [0.2, 0.25) is 0 Å². The highest BCUT2D eigenvalue weighted by Gasteiger charge is 2.23. The van der Waals surface area contributed by atoms with Gasteiger partial charge in [0.2, 0.25) is 5.91 Å². The molecular formula is C18H22N2OS. The zero-order valence-electron chi connectivity index (χ0n) is 12.9. The maximum atomic E-state index is 12.2. The fourth-order valence-corrected chi connectivity index (χ4v) is 3.88. The molecule has 1 aromatic heterocycles. The van der Waals surface area contributed by atoms with Crippen molar-refractivity contribution in [3.8, 4) is 10.6 Å². The van der Waals surface area contributed by atoms with Crippen molar-refractivity contribution in [2.24, 2.45) is 5.92 Å². The van der Waals surface area contributed by atoms with Crippen LogP contribution in [0.5, 0.6) is 0 Å². The van der Waals surface area contributed by atoms with Crippen LogP contribution >= 0.6 is 11.3 Å². The minimum atomic E-state index is 0.101. The van der Waals surface area contributed by atoms with Gasteiger partial charge >= 0.3 is 0 Å². The Morgan fingerprint density at radius 2 is 2.05 bits per heavy atom. The minimum absolute atomic E-state index is 0.101. The van der Waals surface area contributed by atoms with Crippen LogP contribution in [0.1, 0.15) is 38.3 Å². The number of rotatable bonds is 4. The van der Waals surface area contributed by atoms with Gasteiger partial charge in [-0.1, -0.05) is 50.1 Å². The number of hydrogen-bond acceptors (Lipinski definition) is 3. The Kier molecular flexibility index (Phi) is 4.88. The van der Waals surface area contributed by atoms with Gasteiger partial charge in [0.25, 0.3) is 0 Å². The van der Waals surface area contributed by atoms with E-state index in [1.807, 2.05) is 35.7 Å². The lowest BCUT2D eigenvalue weighted by Gasteiger charge is -2.29. The third-order valence-electron chi connectivity index (χ3n) is 4.37. The molecule has 0 radical (unpaired) electrons. The standard InChI is InChI=1S/C18H22N2OS/c1-13-7-5-6-10-16(13)20-17(21)11-15-12-22-18(19-15)14-8-3-2-4-9-14/h2-4,8-9,12-13,16H,5-7,10-11H2,1H3,(H,20,21)/t13-,16-/m0/s1. The van der Waals surface area contributed by atoms with Crippen LogP contribution in [0.4, 0.5) is 0 Å². The van der Waals surface area contributed by atoms with Crippen molar-refractivity contribution in [2.45, 2.75) is 45.1 Å². The molecule has 4 heteroatoms. The zero-order chi connectivity index (χ0) is 15.4. The van der Waals surface area contributed by atoms with Gasteiger partial charge in [0, 0.05) is 17.0 Å². The molecule has 0 spiro atoms. The largest absolute Gasteiger partial charge is 0.353 e. The second-order valence-electron chi connectivity index (χ2n) is 6.12. The van der Waals surface area contributed by atoms with Gasteiger partial charge in [-0.3, -0.25) is 4.79 Å². The van der Waals surface area contributed by atoms with E-state index in [1.165, 1.54) is 19.3 Å². The van der Waals surface area contributed by atoms with Gasteiger partial charge in [-0.15, -0.1) is 11.3 Å². The fraction of sp³-hybridized carbons (Fsp3) is 0.444. The van der Waals surface area contributed by atoms with Crippen molar-refractivity contribution in [1.82, 2.24) is 10.3 Å². The van der Waals surface area contributed by atoms with Crippen molar-refractivity contribution < 1.29 is 4.79 Å². The normalized spacial score (nSPS) is 21.5. The van der Waals surface area contributed by atoms with Gasteiger partial charge in [0.15, 0.2) is 0 Å². The number of carbonyl (C=O) groups is 1. The number of benzene rings is 1. The van der Waals surface area contributed by atoms with Gasteiger partial charge in [0.05, 0.1) is 12.1 Å². The van der Waals surface area contributed by atoms with Crippen LogP contribution in [-0.2, 0) is 11.2 Å². The van der Waals surface area contributed by atoms with Gasteiger partial charge in [-0.05, 0) is 18.8 Å². The summed E-state index contributed by atoms with van der Waals surface area (Å²) in [5.74, 6) is 0.691. The molecule has 0 bridgehead atoms. The quantitative estimate of drug-likeness (QED) is 0.925. The first-order valence-corrected chi connectivity index (χ1v) is 8.89. The molecule has 22 heavy (non-hydrogen) atoms. The maximum absolute atomic E-state index is 12.2. The van der Waals surface area contributed by atoms with Gasteiger partial charge < -0.3 is 5.32 Å². The molecule has 1 aromatic carbocycles. The summed E-state index contributed by atoms with van der Waals surface area (Å²) < 4.78 is 0. The van der Waals surface area contributed by atoms with E-state index in [0.717, 1.165) is 22.7 Å². The number of hydrogen-bond donors (Lipinski definition) is 1. The maximum Gasteiger partial charge on any atom is 0.226 e. The van der Waals surface area contributed by atoms with E-state index in [-0.39, 0.29) is 5.91 Å². The second-order valence-corrected chi connectivity index (χ2v) is 6.98. The summed E-state index contributed by atoms with van der Waals surface area (Å²) >= 11 is 1.60. The summed E-state index contributed by atoms with van der Waals surface area (Å²) in [6.07, 6.45) is 5.23. The molecule has 3 nitrogen and oxygen atoms in total. The molecule has 1 aliphatic carbocycles. The highest BCUT2D eigenvalue weighted by molar-refractivity contribution is 7.13. The predicted molar refractivity (Wildman–Crippen MR) is 90.8 cm³/mol. The summed E-state index contributed by atoms with van der Waals surface area (Å²) in [7, 11) is 0. The molecule has 1 N–H and O–H groups in total. The van der Waals surface area contributed by atoms with E-state index in [2.05, 4.69) is 17.2 Å². The number of amides is 1. The summed E-state index contributed by atoms with van der Waals surface area (Å²) in [4.78, 5) is 16.8. The number of nitrogens with zero attached hydrogens (tertiary/aromatic N) is 1. The van der Waals surface area contributed by atoms with Gasteiger partial charge in [-0.2, -0.15) is 0 Å². The van der Waals surface area contributed by atoms with Gasteiger partial charge in [0.1, 0.15) is 5.01 Å². The van der Waals surface area contributed by atoms with E-state index in [0.29, 0.717) is 18.4 Å². The van der Waals surface area contributed by atoms with Crippen LogP contribution < -0.4 is 5.32 Å². The Balaban J connectivity index is 1.59. The van der Waals surface area contributed by atoms with Crippen LogP contribution in [0.15, 0.2) is 35.7 Å². The van der Waals surface area contributed by atoms with E-state index in [1.54, 1.807) is 11.3 Å². The Hall–Kier alpha value is -1.68. The number of thiazole rings is 1. The lowest BCUT2D eigenvalue weighted by molar-refractivity contribution is -0.121. The summed E-state index contributed by atoms with van der Waals surface area (Å²) in [5, 5.41) is 6.17. The highest BCUT2D eigenvalue weighted by atomic mass is 32.1. The zero-order valence-corrected chi connectivity index (χ0v) is 13.7. The molecule has 1 saturated carbocycles. The molecule has 1 aliphatic rings. The topological polar surface area (TPSA) is 42.0 Å². The van der Waals surface area contributed by atoms with Gasteiger partial charge in [-0.25, -0.2) is 4.98 Å². The van der Waals surface area contributed by atoms with Crippen molar-refractivity contribution in [3.05, 3.63) is 41.4 Å². The smallest absolute Gasteiger partial charge is 0.226 e.